The van der Waals surface area contributed by atoms with Gasteiger partial charge in [-0.3, -0.25) is 0 Å². The molecule has 3 aromatic rings. The highest BCUT2D eigenvalue weighted by Gasteiger charge is 2.13. The van der Waals surface area contributed by atoms with Gasteiger partial charge in [0.1, 0.15) is 10.9 Å². The summed E-state index contributed by atoms with van der Waals surface area (Å²) in [6.45, 7) is 4.17. The van der Waals surface area contributed by atoms with Gasteiger partial charge in [0.05, 0.1) is 5.52 Å². The maximum Gasteiger partial charge on any atom is 0.215 e. The minimum Gasteiger partial charge on any atom is -0.233 e. The molecule has 2 heterocycles. The van der Waals surface area contributed by atoms with Crippen molar-refractivity contribution in [3.63, 3.8) is 0 Å². The second-order valence-corrected chi connectivity index (χ2v) is 5.70. The number of aryl methyl sites for hydroxylation is 1. The molecule has 0 saturated carbocycles. The lowest BCUT2D eigenvalue weighted by molar-refractivity contribution is 0.664. The number of rotatable bonds is 3. The number of para-hydroxylation sites is 1. The van der Waals surface area contributed by atoms with Crippen LogP contribution in [0.25, 0.3) is 10.9 Å². The number of fused-ring (bicyclic) bond motifs is 1. The van der Waals surface area contributed by atoms with Gasteiger partial charge in [-0.05, 0) is 28.3 Å². The zero-order valence-corrected chi connectivity index (χ0v) is 12.3. The molecule has 6 nitrogen and oxygen atoms in total. The molecule has 0 amide bonds. The Morgan fingerprint density at radius 2 is 1.95 bits per heavy atom. The third-order valence-electron chi connectivity index (χ3n) is 2.87. The summed E-state index contributed by atoms with van der Waals surface area (Å²) >= 11 is 1.46. The predicted octanol–water partition coefficient (Wildman–Crippen LogP) is 2.43. The van der Waals surface area contributed by atoms with Crippen molar-refractivity contribution in [2.24, 2.45) is 7.05 Å². The summed E-state index contributed by atoms with van der Waals surface area (Å²) in [5.41, 5.74) is 0.948. The second-order valence-electron chi connectivity index (χ2n) is 4.75. The summed E-state index contributed by atoms with van der Waals surface area (Å²) in [5, 5.41) is 14.1. The first-order valence-corrected chi connectivity index (χ1v) is 7.13. The summed E-state index contributed by atoms with van der Waals surface area (Å²) in [4.78, 5) is 9.26. The molecule has 2 aromatic heterocycles. The molecule has 0 spiro atoms. The SMILES string of the molecule is CC(C)c1nc(Sc2nnnn2C)c2ccccc2n1. The number of hydrogen-bond donors (Lipinski definition) is 0. The average molecular weight is 286 g/mol. The number of nitrogens with zero attached hydrogens (tertiary/aromatic N) is 6. The highest BCUT2D eigenvalue weighted by Crippen LogP contribution is 2.30. The Labute approximate surface area is 120 Å². The molecule has 0 unspecified atom stereocenters. The standard InChI is InChI=1S/C13H14N6S/c1-8(2)11-14-10-7-5-4-6-9(10)12(15-11)20-13-16-17-18-19(13)3/h4-8H,1-3H3. The van der Waals surface area contributed by atoms with E-state index in [1.165, 1.54) is 11.8 Å². The first-order valence-electron chi connectivity index (χ1n) is 6.32. The molecule has 0 atom stereocenters. The van der Waals surface area contributed by atoms with Crippen molar-refractivity contribution < 1.29 is 0 Å². The number of tetrazole rings is 1. The van der Waals surface area contributed by atoms with E-state index in [1.807, 2.05) is 31.3 Å². The monoisotopic (exact) mass is 286 g/mol. The van der Waals surface area contributed by atoms with E-state index in [9.17, 15) is 0 Å². The van der Waals surface area contributed by atoms with Crippen LogP contribution in [-0.4, -0.2) is 30.2 Å². The topological polar surface area (TPSA) is 69.4 Å². The van der Waals surface area contributed by atoms with E-state index in [2.05, 4.69) is 39.3 Å². The van der Waals surface area contributed by atoms with Gasteiger partial charge in [0.2, 0.25) is 5.16 Å². The molecule has 102 valence electrons. The van der Waals surface area contributed by atoms with Crippen LogP contribution >= 0.6 is 11.8 Å². The van der Waals surface area contributed by atoms with Crippen LogP contribution in [0.3, 0.4) is 0 Å². The molecule has 7 heteroatoms. The fraction of sp³-hybridized carbons (Fsp3) is 0.308. The van der Waals surface area contributed by atoms with Crippen LogP contribution in [0.15, 0.2) is 34.4 Å². The fourth-order valence-corrected chi connectivity index (χ4v) is 2.64. The van der Waals surface area contributed by atoms with Gasteiger partial charge in [0.25, 0.3) is 0 Å². The molecular formula is C13H14N6S. The number of aromatic nitrogens is 6. The van der Waals surface area contributed by atoms with Crippen molar-refractivity contribution in [2.45, 2.75) is 29.9 Å². The third-order valence-corrected chi connectivity index (χ3v) is 3.90. The Morgan fingerprint density at radius 1 is 1.15 bits per heavy atom. The average Bonchev–Trinajstić information content (AvgIpc) is 2.84. The van der Waals surface area contributed by atoms with Crippen molar-refractivity contribution >= 4 is 22.7 Å². The van der Waals surface area contributed by atoms with Crippen LogP contribution in [0, 0.1) is 0 Å². The highest BCUT2D eigenvalue weighted by atomic mass is 32.2. The molecule has 0 radical (unpaired) electrons. The van der Waals surface area contributed by atoms with Gasteiger partial charge >= 0.3 is 0 Å². The van der Waals surface area contributed by atoms with E-state index in [4.69, 9.17) is 0 Å². The quantitative estimate of drug-likeness (QED) is 0.689. The maximum absolute atomic E-state index is 4.66. The van der Waals surface area contributed by atoms with Gasteiger partial charge in [0, 0.05) is 18.4 Å². The first kappa shape index (κ1) is 13.0. The second kappa shape index (κ2) is 5.16. The van der Waals surface area contributed by atoms with Crippen molar-refractivity contribution in [3.8, 4) is 0 Å². The molecular weight excluding hydrogens is 272 g/mol. The number of benzene rings is 1. The molecule has 0 N–H and O–H groups in total. The first-order chi connectivity index (χ1) is 9.65. The normalized spacial score (nSPS) is 11.4. The lowest BCUT2D eigenvalue weighted by Crippen LogP contribution is -2.01. The van der Waals surface area contributed by atoms with Crippen LogP contribution in [-0.2, 0) is 7.05 Å². The third kappa shape index (κ3) is 2.36. The van der Waals surface area contributed by atoms with Gasteiger partial charge in [-0.1, -0.05) is 32.0 Å². The van der Waals surface area contributed by atoms with Crippen molar-refractivity contribution in [2.75, 3.05) is 0 Å². The van der Waals surface area contributed by atoms with Crippen LogP contribution in [0.2, 0.25) is 0 Å². The predicted molar refractivity (Wildman–Crippen MR) is 76.5 cm³/mol. The maximum atomic E-state index is 4.66. The zero-order valence-electron chi connectivity index (χ0n) is 11.5. The zero-order chi connectivity index (χ0) is 14.1. The highest BCUT2D eigenvalue weighted by molar-refractivity contribution is 7.99. The Hall–Kier alpha value is -2.02. The summed E-state index contributed by atoms with van der Waals surface area (Å²) in [7, 11) is 1.81. The molecule has 3 rings (SSSR count). The van der Waals surface area contributed by atoms with Gasteiger partial charge < -0.3 is 0 Å². The summed E-state index contributed by atoms with van der Waals surface area (Å²) < 4.78 is 1.64. The molecule has 1 aromatic carbocycles. The largest absolute Gasteiger partial charge is 0.233 e. The van der Waals surface area contributed by atoms with Gasteiger partial charge in [0.15, 0.2) is 0 Å². The minimum absolute atomic E-state index is 0.275. The summed E-state index contributed by atoms with van der Waals surface area (Å²) in [6.07, 6.45) is 0. The van der Waals surface area contributed by atoms with Crippen LogP contribution in [0.1, 0.15) is 25.6 Å². The molecule has 0 bridgehead atoms. The fourth-order valence-electron chi connectivity index (χ4n) is 1.79. The van der Waals surface area contributed by atoms with Crippen LogP contribution in [0.5, 0.6) is 0 Å². The lowest BCUT2D eigenvalue weighted by Gasteiger charge is -2.09. The molecule has 20 heavy (non-hydrogen) atoms. The number of hydrogen-bond acceptors (Lipinski definition) is 6. The van der Waals surface area contributed by atoms with Crippen molar-refractivity contribution in [1.82, 2.24) is 30.2 Å². The Morgan fingerprint density at radius 3 is 2.65 bits per heavy atom. The van der Waals surface area contributed by atoms with E-state index in [-0.39, 0.29) is 5.92 Å². The Bertz CT molecular complexity index is 751. The summed E-state index contributed by atoms with van der Waals surface area (Å²) in [6, 6.07) is 7.99. The minimum atomic E-state index is 0.275. The van der Waals surface area contributed by atoms with E-state index in [0.717, 1.165) is 21.8 Å². The Kier molecular flexibility index (Phi) is 3.35. The Balaban J connectivity index is 2.14. The van der Waals surface area contributed by atoms with E-state index in [0.29, 0.717) is 5.16 Å². The lowest BCUT2D eigenvalue weighted by atomic mass is 10.2. The van der Waals surface area contributed by atoms with Gasteiger partial charge in [-0.15, -0.1) is 5.10 Å². The van der Waals surface area contributed by atoms with Crippen LogP contribution < -0.4 is 0 Å². The van der Waals surface area contributed by atoms with Crippen LogP contribution in [0.4, 0.5) is 0 Å². The summed E-state index contributed by atoms with van der Waals surface area (Å²) in [5.74, 6) is 1.11. The van der Waals surface area contributed by atoms with E-state index >= 15 is 0 Å². The smallest absolute Gasteiger partial charge is 0.215 e. The molecule has 0 aliphatic carbocycles. The molecule has 0 aliphatic rings. The van der Waals surface area contributed by atoms with E-state index < -0.39 is 0 Å². The van der Waals surface area contributed by atoms with E-state index in [1.54, 1.807) is 4.68 Å². The van der Waals surface area contributed by atoms with Gasteiger partial charge in [-0.25, -0.2) is 14.6 Å². The van der Waals surface area contributed by atoms with Crippen molar-refractivity contribution in [1.29, 1.82) is 0 Å². The van der Waals surface area contributed by atoms with Crippen molar-refractivity contribution in [3.05, 3.63) is 30.1 Å². The molecule has 0 aliphatic heterocycles. The molecule has 0 fully saturated rings. The molecule has 0 saturated heterocycles. The van der Waals surface area contributed by atoms with Gasteiger partial charge in [-0.2, -0.15) is 0 Å².